The van der Waals surface area contributed by atoms with Crippen molar-refractivity contribution in [3.05, 3.63) is 70.9 Å². The lowest BCUT2D eigenvalue weighted by Gasteiger charge is -2.12. The number of aryl methyl sites for hydroxylation is 3. The number of furan rings is 1. The number of hydrogen-bond donors (Lipinski definition) is 1. The van der Waals surface area contributed by atoms with Gasteiger partial charge in [-0.25, -0.2) is 4.68 Å². The molecule has 1 amide bonds. The molecular formula is C19H21N3O2. The van der Waals surface area contributed by atoms with Crippen LogP contribution in [0.2, 0.25) is 0 Å². The number of rotatable bonds is 4. The van der Waals surface area contributed by atoms with Crippen LogP contribution in [0.25, 0.3) is 5.69 Å². The molecule has 1 unspecified atom stereocenters. The topological polar surface area (TPSA) is 60.1 Å². The smallest absolute Gasteiger partial charge is 0.251 e. The Kier molecular flexibility index (Phi) is 4.25. The number of benzene rings is 1. The predicted molar refractivity (Wildman–Crippen MR) is 92.4 cm³/mol. The van der Waals surface area contributed by atoms with Crippen molar-refractivity contribution in [1.82, 2.24) is 15.1 Å². The van der Waals surface area contributed by atoms with Gasteiger partial charge in [-0.05, 0) is 70.2 Å². The van der Waals surface area contributed by atoms with E-state index in [-0.39, 0.29) is 11.9 Å². The van der Waals surface area contributed by atoms with Crippen molar-refractivity contribution in [2.75, 3.05) is 0 Å². The Balaban J connectivity index is 1.73. The quantitative estimate of drug-likeness (QED) is 0.792. The monoisotopic (exact) mass is 323 g/mol. The van der Waals surface area contributed by atoms with Crippen molar-refractivity contribution >= 4 is 5.91 Å². The van der Waals surface area contributed by atoms with Gasteiger partial charge in [0.25, 0.3) is 5.91 Å². The summed E-state index contributed by atoms with van der Waals surface area (Å²) in [5.41, 5.74) is 3.57. The van der Waals surface area contributed by atoms with Gasteiger partial charge in [0.1, 0.15) is 11.5 Å². The van der Waals surface area contributed by atoms with E-state index < -0.39 is 0 Å². The normalized spacial score (nSPS) is 12.2. The molecule has 0 spiro atoms. The van der Waals surface area contributed by atoms with Crippen LogP contribution in [0.1, 0.15) is 46.2 Å². The van der Waals surface area contributed by atoms with Gasteiger partial charge in [0.2, 0.25) is 0 Å². The highest BCUT2D eigenvalue weighted by molar-refractivity contribution is 5.94. The van der Waals surface area contributed by atoms with Crippen molar-refractivity contribution in [2.45, 2.75) is 33.7 Å². The summed E-state index contributed by atoms with van der Waals surface area (Å²) in [7, 11) is 0. The van der Waals surface area contributed by atoms with E-state index in [1.54, 1.807) is 12.1 Å². The lowest BCUT2D eigenvalue weighted by atomic mass is 10.1. The molecule has 0 fully saturated rings. The highest BCUT2D eigenvalue weighted by Gasteiger charge is 2.14. The van der Waals surface area contributed by atoms with E-state index in [0.29, 0.717) is 5.56 Å². The fourth-order valence-corrected chi connectivity index (χ4v) is 2.68. The Bertz CT molecular complexity index is 859. The molecule has 3 aromatic rings. The van der Waals surface area contributed by atoms with Crippen LogP contribution in [0.4, 0.5) is 0 Å². The number of nitrogens with one attached hydrogen (secondary N) is 1. The third-order valence-electron chi connectivity index (χ3n) is 3.92. The molecule has 124 valence electrons. The average Bonchev–Trinajstić information content (AvgIpc) is 3.13. The van der Waals surface area contributed by atoms with Crippen LogP contribution >= 0.6 is 0 Å². The zero-order chi connectivity index (χ0) is 17.3. The first-order valence-electron chi connectivity index (χ1n) is 7.95. The number of nitrogens with zero attached hydrogens (tertiary/aromatic N) is 2. The van der Waals surface area contributed by atoms with E-state index in [0.717, 1.165) is 28.6 Å². The van der Waals surface area contributed by atoms with Crippen LogP contribution in [0.5, 0.6) is 0 Å². The molecule has 0 aliphatic heterocycles. The predicted octanol–water partition coefficient (Wildman–Crippen LogP) is 3.88. The third-order valence-corrected chi connectivity index (χ3v) is 3.92. The maximum absolute atomic E-state index is 12.4. The molecular weight excluding hydrogens is 302 g/mol. The zero-order valence-corrected chi connectivity index (χ0v) is 14.3. The fraction of sp³-hybridized carbons (Fsp3) is 0.263. The van der Waals surface area contributed by atoms with Crippen LogP contribution in [0.3, 0.4) is 0 Å². The second kappa shape index (κ2) is 6.35. The van der Waals surface area contributed by atoms with Gasteiger partial charge in [-0.2, -0.15) is 5.10 Å². The minimum absolute atomic E-state index is 0.128. The van der Waals surface area contributed by atoms with Gasteiger partial charge >= 0.3 is 0 Å². The third kappa shape index (κ3) is 3.25. The molecule has 0 bridgehead atoms. The fourth-order valence-electron chi connectivity index (χ4n) is 2.68. The molecule has 0 aliphatic carbocycles. The molecule has 0 saturated carbocycles. The second-order valence-corrected chi connectivity index (χ2v) is 6.03. The largest absolute Gasteiger partial charge is 0.464 e. The molecule has 2 heterocycles. The standard InChI is InChI=1S/C19H21N3O2/c1-12-11-13(2)22(21-12)17-8-6-16(7-9-17)19(23)20-15(4)18-10-5-14(3)24-18/h5-11,15H,1-4H3,(H,20,23). The molecule has 2 aromatic heterocycles. The second-order valence-electron chi connectivity index (χ2n) is 6.03. The first-order chi connectivity index (χ1) is 11.4. The average molecular weight is 323 g/mol. The SMILES string of the molecule is Cc1cc(C)n(-c2ccc(C(=O)NC(C)c3ccc(C)o3)cc2)n1. The van der Waals surface area contributed by atoms with E-state index in [2.05, 4.69) is 10.4 Å². The minimum atomic E-state index is -0.179. The van der Waals surface area contributed by atoms with Crippen molar-refractivity contribution in [2.24, 2.45) is 0 Å². The summed E-state index contributed by atoms with van der Waals surface area (Å²) in [6.07, 6.45) is 0. The summed E-state index contributed by atoms with van der Waals surface area (Å²) < 4.78 is 7.41. The summed E-state index contributed by atoms with van der Waals surface area (Å²) >= 11 is 0. The Morgan fingerprint density at radius 2 is 1.83 bits per heavy atom. The molecule has 1 atom stereocenters. The number of carbonyl (C=O) groups is 1. The molecule has 5 nitrogen and oxygen atoms in total. The van der Waals surface area contributed by atoms with Crippen LogP contribution in [0.15, 0.2) is 46.9 Å². The number of aromatic nitrogens is 2. The van der Waals surface area contributed by atoms with Crippen molar-refractivity contribution in [3.63, 3.8) is 0 Å². The van der Waals surface area contributed by atoms with Crippen molar-refractivity contribution < 1.29 is 9.21 Å². The summed E-state index contributed by atoms with van der Waals surface area (Å²) in [5, 5.41) is 7.39. The highest BCUT2D eigenvalue weighted by Crippen LogP contribution is 2.17. The number of hydrogen-bond acceptors (Lipinski definition) is 3. The maximum atomic E-state index is 12.4. The van der Waals surface area contributed by atoms with E-state index in [4.69, 9.17) is 4.42 Å². The van der Waals surface area contributed by atoms with Gasteiger partial charge < -0.3 is 9.73 Å². The molecule has 0 saturated heterocycles. The maximum Gasteiger partial charge on any atom is 0.251 e. The summed E-state index contributed by atoms with van der Waals surface area (Å²) in [5.74, 6) is 1.46. The zero-order valence-electron chi connectivity index (χ0n) is 14.3. The first-order valence-corrected chi connectivity index (χ1v) is 7.95. The van der Waals surface area contributed by atoms with Gasteiger partial charge in [0.15, 0.2) is 0 Å². The van der Waals surface area contributed by atoms with Gasteiger partial charge in [0, 0.05) is 11.3 Å². The highest BCUT2D eigenvalue weighted by atomic mass is 16.3. The van der Waals surface area contributed by atoms with E-state index >= 15 is 0 Å². The first kappa shape index (κ1) is 16.1. The molecule has 0 radical (unpaired) electrons. The Labute approximate surface area is 141 Å². The Hall–Kier alpha value is -2.82. The van der Waals surface area contributed by atoms with E-state index in [1.165, 1.54) is 0 Å². The van der Waals surface area contributed by atoms with Gasteiger partial charge in [-0.15, -0.1) is 0 Å². The van der Waals surface area contributed by atoms with Crippen LogP contribution in [-0.2, 0) is 0 Å². The molecule has 24 heavy (non-hydrogen) atoms. The molecule has 0 aliphatic rings. The Morgan fingerprint density at radius 3 is 2.38 bits per heavy atom. The van der Waals surface area contributed by atoms with Crippen molar-refractivity contribution in [1.29, 1.82) is 0 Å². The summed E-state index contributed by atoms with van der Waals surface area (Å²) in [4.78, 5) is 12.4. The summed E-state index contributed by atoms with van der Waals surface area (Å²) in [6, 6.07) is 13.0. The number of amides is 1. The minimum Gasteiger partial charge on any atom is -0.464 e. The molecule has 1 N–H and O–H groups in total. The summed E-state index contributed by atoms with van der Waals surface area (Å²) in [6.45, 7) is 7.76. The van der Waals surface area contributed by atoms with Gasteiger partial charge in [-0.3, -0.25) is 4.79 Å². The van der Waals surface area contributed by atoms with Crippen LogP contribution < -0.4 is 5.32 Å². The van der Waals surface area contributed by atoms with Gasteiger partial charge in [-0.1, -0.05) is 0 Å². The molecule has 1 aromatic carbocycles. The van der Waals surface area contributed by atoms with Crippen molar-refractivity contribution in [3.8, 4) is 5.69 Å². The molecule has 3 rings (SSSR count). The van der Waals surface area contributed by atoms with E-state index in [1.807, 2.05) is 62.7 Å². The molecule has 5 heteroatoms. The Morgan fingerprint density at radius 1 is 1.12 bits per heavy atom. The van der Waals surface area contributed by atoms with E-state index in [9.17, 15) is 4.79 Å². The lowest BCUT2D eigenvalue weighted by Crippen LogP contribution is -2.26. The lowest BCUT2D eigenvalue weighted by molar-refractivity contribution is 0.0935. The van der Waals surface area contributed by atoms with Gasteiger partial charge in [0.05, 0.1) is 17.4 Å². The van der Waals surface area contributed by atoms with Crippen LogP contribution in [-0.4, -0.2) is 15.7 Å². The van der Waals surface area contributed by atoms with Crippen LogP contribution in [0, 0.1) is 20.8 Å². The number of carbonyl (C=O) groups excluding carboxylic acids is 1.